The van der Waals surface area contributed by atoms with Crippen LogP contribution in [0.4, 0.5) is 0 Å². The van der Waals surface area contributed by atoms with Crippen LogP contribution in [0.2, 0.25) is 0 Å². The van der Waals surface area contributed by atoms with Gasteiger partial charge in [0, 0.05) is 5.56 Å². The van der Waals surface area contributed by atoms with Crippen molar-refractivity contribution < 1.29 is 4.74 Å². The van der Waals surface area contributed by atoms with Crippen molar-refractivity contribution in [1.29, 1.82) is 0 Å². The van der Waals surface area contributed by atoms with Crippen molar-refractivity contribution in [2.24, 2.45) is 5.41 Å². The maximum Gasteiger partial charge on any atom is 0.226 e. The Labute approximate surface area is 140 Å². The van der Waals surface area contributed by atoms with Crippen molar-refractivity contribution in [2.45, 2.75) is 60.8 Å². The van der Waals surface area contributed by atoms with Crippen LogP contribution in [0.25, 0.3) is 0 Å². The van der Waals surface area contributed by atoms with E-state index in [4.69, 9.17) is 4.74 Å². The Hall–Kier alpha value is -1.90. The Bertz CT molecular complexity index is 677. The molecule has 1 heterocycles. The molecular weight excluding hydrogens is 284 g/mol. The average Bonchev–Trinajstić information content (AvgIpc) is 2.52. The van der Waals surface area contributed by atoms with Gasteiger partial charge in [-0.05, 0) is 50.2 Å². The zero-order valence-electron chi connectivity index (χ0n) is 15.2. The molecule has 0 N–H and O–H groups in total. The normalized spacial score (nSPS) is 15.2. The predicted molar refractivity (Wildman–Crippen MR) is 95.2 cm³/mol. The Balaban J connectivity index is 0.000000924. The molecule has 0 atom stereocenters. The molecule has 0 saturated heterocycles. The van der Waals surface area contributed by atoms with Gasteiger partial charge in [0.25, 0.3) is 0 Å². The number of fused-ring (bicyclic) bond motifs is 1. The molecule has 1 aliphatic rings. The van der Waals surface area contributed by atoms with E-state index in [9.17, 15) is 0 Å². The first-order chi connectivity index (χ1) is 10.9. The summed E-state index contributed by atoms with van der Waals surface area (Å²) in [5, 5.41) is 0. The fourth-order valence-corrected chi connectivity index (χ4v) is 2.89. The standard InChI is InChI=1S/C18H22N2O.C2H6/c1-12-7-5-6-8-16(12)21-17-14-11-18(3,4)10-9-15(14)19-13(2)20-17;1-2/h5-8H,9-11H2,1-4H3;1-2H3. The third kappa shape index (κ3) is 4.10. The van der Waals surface area contributed by atoms with Gasteiger partial charge in [-0.1, -0.05) is 45.9 Å². The number of nitrogens with zero attached hydrogens (tertiary/aromatic N) is 2. The number of para-hydroxylation sites is 1. The fraction of sp³-hybridized carbons (Fsp3) is 0.500. The first-order valence-corrected chi connectivity index (χ1v) is 8.54. The highest BCUT2D eigenvalue weighted by molar-refractivity contribution is 5.40. The van der Waals surface area contributed by atoms with Crippen LogP contribution in [0.15, 0.2) is 24.3 Å². The van der Waals surface area contributed by atoms with Gasteiger partial charge in [-0.3, -0.25) is 0 Å². The highest BCUT2D eigenvalue weighted by Crippen LogP contribution is 2.39. The van der Waals surface area contributed by atoms with E-state index in [0.29, 0.717) is 0 Å². The molecule has 0 unspecified atom stereocenters. The Morgan fingerprint density at radius 2 is 1.74 bits per heavy atom. The molecule has 3 rings (SSSR count). The highest BCUT2D eigenvalue weighted by atomic mass is 16.5. The lowest BCUT2D eigenvalue weighted by Crippen LogP contribution is -2.24. The van der Waals surface area contributed by atoms with Gasteiger partial charge in [0.15, 0.2) is 0 Å². The Morgan fingerprint density at radius 3 is 2.43 bits per heavy atom. The van der Waals surface area contributed by atoms with Gasteiger partial charge in [0.2, 0.25) is 5.88 Å². The summed E-state index contributed by atoms with van der Waals surface area (Å²) in [6.45, 7) is 12.6. The van der Waals surface area contributed by atoms with Crippen molar-refractivity contribution in [2.75, 3.05) is 0 Å². The van der Waals surface area contributed by atoms with E-state index in [1.54, 1.807) is 0 Å². The molecule has 0 aliphatic heterocycles. The molecule has 3 heteroatoms. The van der Waals surface area contributed by atoms with E-state index in [1.165, 1.54) is 12.0 Å². The van der Waals surface area contributed by atoms with Crippen LogP contribution in [0.1, 0.15) is 56.8 Å². The first-order valence-electron chi connectivity index (χ1n) is 8.54. The van der Waals surface area contributed by atoms with Crippen molar-refractivity contribution in [1.82, 2.24) is 9.97 Å². The molecular formula is C20H28N2O. The summed E-state index contributed by atoms with van der Waals surface area (Å²) in [5.74, 6) is 2.40. The van der Waals surface area contributed by atoms with Gasteiger partial charge in [0.1, 0.15) is 11.6 Å². The number of hydrogen-bond donors (Lipinski definition) is 0. The lowest BCUT2D eigenvalue weighted by Gasteiger charge is -2.31. The quantitative estimate of drug-likeness (QED) is 0.742. The monoisotopic (exact) mass is 312 g/mol. The Morgan fingerprint density at radius 1 is 1.04 bits per heavy atom. The predicted octanol–water partition coefficient (Wildman–Crippen LogP) is 5.43. The molecule has 0 fully saturated rings. The number of rotatable bonds is 2. The lowest BCUT2D eigenvalue weighted by molar-refractivity contribution is 0.302. The van der Waals surface area contributed by atoms with E-state index in [-0.39, 0.29) is 5.41 Å². The fourth-order valence-electron chi connectivity index (χ4n) is 2.89. The molecule has 0 spiro atoms. The smallest absolute Gasteiger partial charge is 0.226 e. The van der Waals surface area contributed by atoms with Crippen LogP contribution in [0, 0.1) is 19.3 Å². The van der Waals surface area contributed by atoms with E-state index in [1.807, 2.05) is 39.0 Å². The summed E-state index contributed by atoms with van der Waals surface area (Å²) in [4.78, 5) is 9.17. The molecule has 2 aromatic rings. The number of ether oxygens (including phenoxy) is 1. The molecule has 0 saturated carbocycles. The van der Waals surface area contributed by atoms with Crippen LogP contribution >= 0.6 is 0 Å². The average molecular weight is 312 g/mol. The van der Waals surface area contributed by atoms with E-state index in [2.05, 4.69) is 36.8 Å². The van der Waals surface area contributed by atoms with Crippen molar-refractivity contribution in [3.8, 4) is 11.6 Å². The zero-order valence-corrected chi connectivity index (χ0v) is 15.2. The number of hydrogen-bond acceptors (Lipinski definition) is 3. The van der Waals surface area contributed by atoms with Gasteiger partial charge >= 0.3 is 0 Å². The van der Waals surface area contributed by atoms with Gasteiger partial charge in [-0.25, -0.2) is 4.98 Å². The number of benzene rings is 1. The van der Waals surface area contributed by atoms with E-state index >= 15 is 0 Å². The molecule has 124 valence electrons. The van der Waals surface area contributed by atoms with Crippen LogP contribution in [0.5, 0.6) is 11.6 Å². The summed E-state index contributed by atoms with van der Waals surface area (Å²) in [6, 6.07) is 8.06. The van der Waals surface area contributed by atoms with E-state index < -0.39 is 0 Å². The molecule has 1 aromatic heterocycles. The third-order valence-electron chi connectivity index (χ3n) is 4.16. The second-order valence-electron chi connectivity index (χ2n) is 6.71. The summed E-state index contributed by atoms with van der Waals surface area (Å²) < 4.78 is 6.13. The molecule has 23 heavy (non-hydrogen) atoms. The summed E-state index contributed by atoms with van der Waals surface area (Å²) in [6.07, 6.45) is 3.15. The molecule has 1 aromatic carbocycles. The third-order valence-corrected chi connectivity index (χ3v) is 4.16. The molecule has 0 bridgehead atoms. The van der Waals surface area contributed by atoms with Crippen LogP contribution in [0.3, 0.4) is 0 Å². The van der Waals surface area contributed by atoms with Gasteiger partial charge < -0.3 is 4.74 Å². The van der Waals surface area contributed by atoms with Gasteiger partial charge in [-0.2, -0.15) is 4.98 Å². The maximum absolute atomic E-state index is 6.13. The van der Waals surface area contributed by atoms with E-state index in [0.717, 1.165) is 41.6 Å². The van der Waals surface area contributed by atoms with Gasteiger partial charge in [-0.15, -0.1) is 0 Å². The second-order valence-corrected chi connectivity index (χ2v) is 6.71. The highest BCUT2D eigenvalue weighted by Gasteiger charge is 2.29. The minimum atomic E-state index is 0.287. The van der Waals surface area contributed by atoms with Crippen molar-refractivity contribution in [3.05, 3.63) is 46.9 Å². The summed E-state index contributed by atoms with van der Waals surface area (Å²) in [5.41, 5.74) is 3.75. The second kappa shape index (κ2) is 7.12. The Kier molecular flexibility index (Phi) is 5.40. The van der Waals surface area contributed by atoms with Gasteiger partial charge in [0.05, 0.1) is 5.69 Å². The summed E-state index contributed by atoms with van der Waals surface area (Å²) >= 11 is 0. The van der Waals surface area contributed by atoms with Crippen molar-refractivity contribution in [3.63, 3.8) is 0 Å². The molecule has 0 amide bonds. The topological polar surface area (TPSA) is 35.0 Å². The number of aromatic nitrogens is 2. The first kappa shape index (κ1) is 17.5. The molecule has 3 nitrogen and oxygen atoms in total. The molecule has 0 radical (unpaired) electrons. The van der Waals surface area contributed by atoms with Crippen LogP contribution < -0.4 is 4.74 Å². The SMILES string of the molecule is CC.Cc1nc2c(c(Oc3ccccc3C)n1)CC(C)(C)CC2. The minimum absolute atomic E-state index is 0.287. The largest absolute Gasteiger partial charge is 0.438 e. The van der Waals surface area contributed by atoms with Crippen LogP contribution in [-0.4, -0.2) is 9.97 Å². The molecule has 1 aliphatic carbocycles. The minimum Gasteiger partial charge on any atom is -0.438 e. The maximum atomic E-state index is 6.13. The van der Waals surface area contributed by atoms with Crippen LogP contribution in [-0.2, 0) is 12.8 Å². The number of aryl methyl sites for hydroxylation is 3. The summed E-state index contributed by atoms with van der Waals surface area (Å²) in [7, 11) is 0. The lowest BCUT2D eigenvalue weighted by atomic mass is 9.76. The van der Waals surface area contributed by atoms with Crippen molar-refractivity contribution >= 4 is 0 Å². The zero-order chi connectivity index (χ0) is 17.0.